The van der Waals surface area contributed by atoms with Crippen molar-refractivity contribution in [2.24, 2.45) is 17.1 Å². The summed E-state index contributed by atoms with van der Waals surface area (Å²) in [5.74, 6) is 0.841. The minimum Gasteiger partial charge on any atom is -0.494 e. The normalized spacial score (nSPS) is 30.8. The van der Waals surface area contributed by atoms with E-state index in [1.165, 1.54) is 0 Å². The number of hydrogen-bond donors (Lipinski definition) is 2. The number of rotatable bonds is 5. The predicted octanol–water partition coefficient (Wildman–Crippen LogP) is 2.23. The van der Waals surface area contributed by atoms with Crippen LogP contribution in [-0.4, -0.2) is 30.8 Å². The van der Waals surface area contributed by atoms with Crippen molar-refractivity contribution in [3.05, 3.63) is 29.8 Å². The minimum absolute atomic E-state index is 0.0823. The molecule has 0 radical (unpaired) electrons. The molecule has 5 heteroatoms. The van der Waals surface area contributed by atoms with E-state index in [0.29, 0.717) is 13.2 Å². The summed E-state index contributed by atoms with van der Waals surface area (Å²) in [7, 11) is 0. The average Bonchev–Trinajstić information content (AvgIpc) is 2.59. The van der Waals surface area contributed by atoms with Gasteiger partial charge in [0.25, 0.3) is 0 Å². The van der Waals surface area contributed by atoms with Crippen molar-refractivity contribution in [1.29, 1.82) is 0 Å². The molecule has 1 saturated heterocycles. The lowest BCUT2D eigenvalue weighted by molar-refractivity contribution is -0.225. The Morgan fingerprint density at radius 1 is 1.46 bits per heavy atom. The van der Waals surface area contributed by atoms with Crippen LogP contribution in [0.15, 0.2) is 24.3 Å². The molecule has 3 N–H and O–H groups in total. The molecule has 0 bridgehead atoms. The van der Waals surface area contributed by atoms with Crippen molar-refractivity contribution in [3.63, 3.8) is 0 Å². The van der Waals surface area contributed by atoms with Gasteiger partial charge in [-0.3, -0.25) is 4.79 Å². The molecule has 132 valence electrons. The van der Waals surface area contributed by atoms with Gasteiger partial charge in [-0.2, -0.15) is 0 Å². The maximum absolute atomic E-state index is 12.9. The lowest BCUT2D eigenvalue weighted by Gasteiger charge is -2.65. The van der Waals surface area contributed by atoms with Crippen LogP contribution in [0.25, 0.3) is 0 Å². The quantitative estimate of drug-likeness (QED) is 0.867. The third-order valence-electron chi connectivity index (χ3n) is 5.72. The third kappa shape index (κ3) is 2.60. The Kier molecular flexibility index (Phi) is 4.58. The highest BCUT2D eigenvalue weighted by Gasteiger charge is 2.70. The second-order valence-corrected chi connectivity index (χ2v) is 7.39. The highest BCUT2D eigenvalue weighted by Crippen LogP contribution is 2.57. The van der Waals surface area contributed by atoms with Crippen molar-refractivity contribution in [3.8, 4) is 5.75 Å². The van der Waals surface area contributed by atoms with Gasteiger partial charge in [0.05, 0.1) is 12.7 Å². The van der Waals surface area contributed by atoms with Crippen LogP contribution in [0.1, 0.15) is 39.2 Å². The van der Waals surface area contributed by atoms with E-state index < -0.39 is 5.54 Å². The molecule has 2 aliphatic rings. The first-order valence-corrected chi connectivity index (χ1v) is 8.81. The number of nitrogens with two attached hydrogens (primary N) is 1. The van der Waals surface area contributed by atoms with E-state index in [1.807, 2.05) is 45.0 Å². The molecule has 1 saturated carbocycles. The number of amides is 1. The first-order valence-electron chi connectivity index (χ1n) is 8.81. The average molecular weight is 332 g/mol. The van der Waals surface area contributed by atoms with Gasteiger partial charge < -0.3 is 20.5 Å². The van der Waals surface area contributed by atoms with E-state index >= 15 is 0 Å². The Labute approximate surface area is 143 Å². The number of carbonyl (C=O) groups is 1. The van der Waals surface area contributed by atoms with E-state index in [0.717, 1.165) is 30.8 Å². The maximum Gasteiger partial charge on any atom is 0.241 e. The molecular weight excluding hydrogens is 304 g/mol. The van der Waals surface area contributed by atoms with Gasteiger partial charge in [0.1, 0.15) is 11.3 Å². The molecule has 1 aromatic rings. The van der Waals surface area contributed by atoms with Crippen molar-refractivity contribution in [2.45, 2.75) is 51.8 Å². The first-order chi connectivity index (χ1) is 11.4. The Hall–Kier alpha value is -1.59. The van der Waals surface area contributed by atoms with Gasteiger partial charge in [0.15, 0.2) is 0 Å². The molecule has 3 unspecified atom stereocenters. The van der Waals surface area contributed by atoms with Crippen molar-refractivity contribution in [1.82, 2.24) is 5.32 Å². The molecule has 24 heavy (non-hydrogen) atoms. The van der Waals surface area contributed by atoms with Gasteiger partial charge >= 0.3 is 0 Å². The number of fused-ring (bicyclic) bond motifs is 1. The second kappa shape index (κ2) is 6.37. The second-order valence-electron chi connectivity index (χ2n) is 7.39. The fourth-order valence-electron chi connectivity index (χ4n) is 4.28. The van der Waals surface area contributed by atoms with Crippen molar-refractivity contribution >= 4 is 5.91 Å². The summed E-state index contributed by atoms with van der Waals surface area (Å²) < 4.78 is 11.4. The molecule has 1 amide bonds. The molecule has 1 aromatic carbocycles. The standard InChI is InChI=1S/C19H28N2O3/c1-4-23-14-8-5-7-13(11-14)12-21-17(22)19(20)15-9-6-10-24-16(15)18(19,2)3/h5,7-8,11,15-16H,4,6,9-10,12,20H2,1-3H3,(H,21,22). The molecule has 5 nitrogen and oxygen atoms in total. The zero-order valence-electron chi connectivity index (χ0n) is 14.8. The zero-order chi connectivity index (χ0) is 17.4. The molecule has 1 aliphatic heterocycles. The lowest BCUT2D eigenvalue weighted by atomic mass is 9.46. The lowest BCUT2D eigenvalue weighted by Crippen LogP contribution is -2.82. The van der Waals surface area contributed by atoms with Crippen molar-refractivity contribution in [2.75, 3.05) is 13.2 Å². The maximum atomic E-state index is 12.9. The minimum atomic E-state index is -0.865. The number of benzene rings is 1. The smallest absolute Gasteiger partial charge is 0.241 e. The summed E-state index contributed by atoms with van der Waals surface area (Å²) in [4.78, 5) is 12.9. The summed E-state index contributed by atoms with van der Waals surface area (Å²) in [5, 5.41) is 3.02. The van der Waals surface area contributed by atoms with Gasteiger partial charge in [0.2, 0.25) is 5.91 Å². The highest BCUT2D eigenvalue weighted by molar-refractivity contribution is 5.89. The fraction of sp³-hybridized carbons (Fsp3) is 0.632. The largest absolute Gasteiger partial charge is 0.494 e. The van der Waals surface area contributed by atoms with Crippen LogP contribution in [-0.2, 0) is 16.1 Å². The number of ether oxygens (including phenoxy) is 2. The predicted molar refractivity (Wildman–Crippen MR) is 92.6 cm³/mol. The Morgan fingerprint density at radius 2 is 2.25 bits per heavy atom. The van der Waals surface area contributed by atoms with Gasteiger partial charge in [-0.1, -0.05) is 26.0 Å². The summed E-state index contributed by atoms with van der Waals surface area (Å²) in [5.41, 5.74) is 6.39. The molecule has 1 heterocycles. The van der Waals surface area contributed by atoms with Crippen LogP contribution in [0.3, 0.4) is 0 Å². The van der Waals surface area contributed by atoms with Crippen LogP contribution < -0.4 is 15.8 Å². The molecular formula is C19H28N2O3. The number of nitrogens with one attached hydrogen (secondary N) is 1. The SMILES string of the molecule is CCOc1cccc(CNC(=O)C2(N)C3CCCOC3C2(C)C)c1. The van der Waals surface area contributed by atoms with Crippen LogP contribution in [0.2, 0.25) is 0 Å². The Bertz CT molecular complexity index is 616. The fourth-order valence-corrected chi connectivity index (χ4v) is 4.28. The molecule has 3 atom stereocenters. The van der Waals surface area contributed by atoms with Crippen molar-refractivity contribution < 1.29 is 14.3 Å². The van der Waals surface area contributed by atoms with Crippen LogP contribution in [0.4, 0.5) is 0 Å². The van der Waals surface area contributed by atoms with E-state index in [2.05, 4.69) is 5.32 Å². The van der Waals surface area contributed by atoms with E-state index in [-0.39, 0.29) is 23.3 Å². The molecule has 3 rings (SSSR count). The van der Waals surface area contributed by atoms with E-state index in [9.17, 15) is 4.79 Å². The topological polar surface area (TPSA) is 73.6 Å². The van der Waals surface area contributed by atoms with Crippen LogP contribution in [0.5, 0.6) is 5.75 Å². The van der Waals surface area contributed by atoms with Gasteiger partial charge in [-0.15, -0.1) is 0 Å². The Morgan fingerprint density at radius 3 is 3.00 bits per heavy atom. The van der Waals surface area contributed by atoms with Gasteiger partial charge in [-0.05, 0) is 37.5 Å². The highest BCUT2D eigenvalue weighted by atomic mass is 16.5. The van der Waals surface area contributed by atoms with Crippen LogP contribution >= 0.6 is 0 Å². The van der Waals surface area contributed by atoms with E-state index in [4.69, 9.17) is 15.2 Å². The summed E-state index contributed by atoms with van der Waals surface area (Å²) >= 11 is 0. The number of carbonyl (C=O) groups excluding carboxylic acids is 1. The number of hydrogen-bond acceptors (Lipinski definition) is 4. The molecule has 2 fully saturated rings. The van der Waals surface area contributed by atoms with Crippen LogP contribution in [0, 0.1) is 11.3 Å². The monoisotopic (exact) mass is 332 g/mol. The molecule has 1 aliphatic carbocycles. The molecule has 0 spiro atoms. The van der Waals surface area contributed by atoms with Gasteiger partial charge in [0, 0.05) is 24.5 Å². The summed E-state index contributed by atoms with van der Waals surface area (Å²) in [6, 6.07) is 7.77. The van der Waals surface area contributed by atoms with Gasteiger partial charge in [-0.25, -0.2) is 0 Å². The summed E-state index contributed by atoms with van der Waals surface area (Å²) in [6.45, 7) is 7.87. The Balaban J connectivity index is 1.67. The van der Waals surface area contributed by atoms with E-state index in [1.54, 1.807) is 0 Å². The third-order valence-corrected chi connectivity index (χ3v) is 5.72. The zero-order valence-corrected chi connectivity index (χ0v) is 14.8. The summed E-state index contributed by atoms with van der Waals surface area (Å²) in [6.07, 6.45) is 2.01. The first kappa shape index (κ1) is 17.2. The molecule has 0 aromatic heterocycles.